The third-order valence-electron chi connectivity index (χ3n) is 2.08. The summed E-state index contributed by atoms with van der Waals surface area (Å²) in [6.07, 6.45) is 0.983. The van der Waals surface area contributed by atoms with E-state index in [9.17, 15) is 19.2 Å². The van der Waals surface area contributed by atoms with E-state index in [0.29, 0.717) is 4.57 Å². The number of hydrogen-bond donors (Lipinski definition) is 3. The van der Waals surface area contributed by atoms with Gasteiger partial charge in [-0.25, -0.2) is 19.3 Å². The Morgan fingerprint density at radius 3 is 2.59 bits per heavy atom. The summed E-state index contributed by atoms with van der Waals surface area (Å²) in [6.45, 7) is 1.38. The van der Waals surface area contributed by atoms with E-state index in [2.05, 4.69) is 15.2 Å². The number of H-pyrrole nitrogens is 3. The minimum Gasteiger partial charge on any atom is -0.312 e. The van der Waals surface area contributed by atoms with Gasteiger partial charge in [-0.15, -0.1) is 0 Å². The van der Waals surface area contributed by atoms with Gasteiger partial charge in [-0.3, -0.25) is 14.6 Å². The zero-order valence-electron chi connectivity index (χ0n) is 8.60. The molecule has 0 saturated heterocycles. The molecule has 0 amide bonds. The standard InChI is InChI=1S/C8H7N5O4/c1-3-6(15)13(8(17)12-11-3)4-2-9-7(16)10-5(4)14/h2H,1H3,(H,12,17)(H2,9,10,14,16). The molecular formula is C8H7N5O4. The van der Waals surface area contributed by atoms with Gasteiger partial charge in [-0.1, -0.05) is 0 Å². The van der Waals surface area contributed by atoms with Crippen LogP contribution in [0.4, 0.5) is 0 Å². The van der Waals surface area contributed by atoms with E-state index in [0.717, 1.165) is 6.20 Å². The molecule has 0 aromatic carbocycles. The number of rotatable bonds is 1. The van der Waals surface area contributed by atoms with Gasteiger partial charge in [0.1, 0.15) is 11.4 Å². The van der Waals surface area contributed by atoms with Crippen LogP contribution >= 0.6 is 0 Å². The molecule has 0 aliphatic heterocycles. The molecule has 0 spiro atoms. The van der Waals surface area contributed by atoms with Gasteiger partial charge in [0, 0.05) is 6.20 Å². The maximum absolute atomic E-state index is 11.7. The van der Waals surface area contributed by atoms with E-state index in [4.69, 9.17) is 0 Å². The molecule has 0 aliphatic rings. The number of aryl methyl sites for hydroxylation is 1. The fourth-order valence-corrected chi connectivity index (χ4v) is 1.27. The van der Waals surface area contributed by atoms with Crippen molar-refractivity contribution in [3.05, 3.63) is 53.6 Å². The third kappa shape index (κ3) is 1.73. The van der Waals surface area contributed by atoms with Crippen molar-refractivity contribution in [2.75, 3.05) is 0 Å². The second-order valence-electron chi connectivity index (χ2n) is 3.21. The molecule has 0 radical (unpaired) electrons. The first kappa shape index (κ1) is 10.8. The van der Waals surface area contributed by atoms with E-state index in [1.54, 1.807) is 0 Å². The summed E-state index contributed by atoms with van der Waals surface area (Å²) in [5.74, 6) is 0. The Labute approximate surface area is 91.8 Å². The van der Waals surface area contributed by atoms with Crippen LogP contribution in [0, 0.1) is 6.92 Å². The highest BCUT2D eigenvalue weighted by atomic mass is 16.2. The van der Waals surface area contributed by atoms with E-state index >= 15 is 0 Å². The van der Waals surface area contributed by atoms with E-state index in [-0.39, 0.29) is 11.4 Å². The predicted molar refractivity (Wildman–Crippen MR) is 56.4 cm³/mol. The first-order valence-corrected chi connectivity index (χ1v) is 4.51. The van der Waals surface area contributed by atoms with Crippen molar-refractivity contribution in [3.63, 3.8) is 0 Å². The summed E-state index contributed by atoms with van der Waals surface area (Å²) in [6, 6.07) is 0. The van der Waals surface area contributed by atoms with E-state index < -0.39 is 22.5 Å². The SMILES string of the molecule is Cc1n[nH]c(=O)n(-c2c[nH]c(=O)[nH]c2=O)c1=O. The van der Waals surface area contributed by atoms with Crippen LogP contribution in [0.1, 0.15) is 5.69 Å². The first-order valence-electron chi connectivity index (χ1n) is 4.51. The number of aromatic nitrogens is 5. The highest BCUT2D eigenvalue weighted by Crippen LogP contribution is 1.87. The second kappa shape index (κ2) is 3.70. The van der Waals surface area contributed by atoms with Crippen molar-refractivity contribution in [1.29, 1.82) is 0 Å². The monoisotopic (exact) mass is 237 g/mol. The normalized spacial score (nSPS) is 10.4. The summed E-state index contributed by atoms with van der Waals surface area (Å²) >= 11 is 0. The Hall–Kier alpha value is -2.71. The summed E-state index contributed by atoms with van der Waals surface area (Å²) < 4.78 is 0.594. The lowest BCUT2D eigenvalue weighted by Crippen LogP contribution is -2.40. The number of aromatic amines is 3. The van der Waals surface area contributed by atoms with Crippen molar-refractivity contribution >= 4 is 0 Å². The Morgan fingerprint density at radius 2 is 1.94 bits per heavy atom. The molecule has 9 nitrogen and oxygen atoms in total. The van der Waals surface area contributed by atoms with Gasteiger partial charge in [0.2, 0.25) is 0 Å². The van der Waals surface area contributed by atoms with Crippen LogP contribution < -0.4 is 22.5 Å². The molecule has 88 valence electrons. The molecule has 2 heterocycles. The molecule has 0 unspecified atom stereocenters. The predicted octanol–water partition coefficient (Wildman–Crippen LogP) is -2.39. The smallest absolute Gasteiger partial charge is 0.312 e. The molecule has 9 heteroatoms. The van der Waals surface area contributed by atoms with Gasteiger partial charge < -0.3 is 4.98 Å². The van der Waals surface area contributed by atoms with Crippen LogP contribution in [0.15, 0.2) is 25.4 Å². The molecule has 2 rings (SSSR count). The molecule has 17 heavy (non-hydrogen) atoms. The lowest BCUT2D eigenvalue weighted by molar-refractivity contribution is 0.760. The average Bonchev–Trinajstić information content (AvgIpc) is 2.27. The minimum absolute atomic E-state index is 0.0233. The highest BCUT2D eigenvalue weighted by molar-refractivity contribution is 5.24. The van der Waals surface area contributed by atoms with E-state index in [1.807, 2.05) is 4.98 Å². The zero-order chi connectivity index (χ0) is 12.6. The average molecular weight is 237 g/mol. The van der Waals surface area contributed by atoms with Crippen LogP contribution in [0.5, 0.6) is 0 Å². The lowest BCUT2D eigenvalue weighted by atomic mass is 10.4. The van der Waals surface area contributed by atoms with Crippen LogP contribution in [0.3, 0.4) is 0 Å². The number of hydrogen-bond acceptors (Lipinski definition) is 5. The third-order valence-corrected chi connectivity index (χ3v) is 2.08. The number of nitrogens with zero attached hydrogens (tertiary/aromatic N) is 2. The largest absolute Gasteiger partial charge is 0.349 e. The van der Waals surface area contributed by atoms with Gasteiger partial charge in [0.15, 0.2) is 0 Å². The van der Waals surface area contributed by atoms with Crippen LogP contribution in [0.25, 0.3) is 5.69 Å². The van der Waals surface area contributed by atoms with Gasteiger partial charge in [0.25, 0.3) is 11.1 Å². The van der Waals surface area contributed by atoms with Gasteiger partial charge in [-0.05, 0) is 6.92 Å². The van der Waals surface area contributed by atoms with Gasteiger partial charge in [0.05, 0.1) is 0 Å². The Bertz CT molecular complexity index is 793. The number of nitrogens with one attached hydrogen (secondary N) is 3. The van der Waals surface area contributed by atoms with Crippen molar-refractivity contribution in [1.82, 2.24) is 24.7 Å². The van der Waals surface area contributed by atoms with Crippen molar-refractivity contribution in [2.45, 2.75) is 6.92 Å². The summed E-state index contributed by atoms with van der Waals surface area (Å²) in [5, 5.41) is 5.52. The maximum Gasteiger partial charge on any atom is 0.349 e. The lowest BCUT2D eigenvalue weighted by Gasteiger charge is -2.02. The topological polar surface area (TPSA) is 133 Å². The summed E-state index contributed by atoms with van der Waals surface area (Å²) in [4.78, 5) is 49.4. The van der Waals surface area contributed by atoms with Crippen LogP contribution in [-0.4, -0.2) is 24.7 Å². The second-order valence-corrected chi connectivity index (χ2v) is 3.21. The molecule has 0 fully saturated rings. The van der Waals surface area contributed by atoms with Crippen LogP contribution in [-0.2, 0) is 0 Å². The highest BCUT2D eigenvalue weighted by Gasteiger charge is 2.11. The molecule has 2 aromatic rings. The fraction of sp³-hybridized carbons (Fsp3) is 0.125. The molecule has 0 atom stereocenters. The van der Waals surface area contributed by atoms with Crippen molar-refractivity contribution < 1.29 is 0 Å². The maximum atomic E-state index is 11.7. The summed E-state index contributed by atoms with van der Waals surface area (Å²) in [7, 11) is 0. The van der Waals surface area contributed by atoms with Gasteiger partial charge in [-0.2, -0.15) is 5.10 Å². The Kier molecular flexibility index (Phi) is 2.35. The molecule has 0 aliphatic carbocycles. The van der Waals surface area contributed by atoms with E-state index in [1.165, 1.54) is 6.92 Å². The summed E-state index contributed by atoms with van der Waals surface area (Å²) in [5.41, 5.74) is -3.41. The van der Waals surface area contributed by atoms with Crippen molar-refractivity contribution in [3.8, 4) is 5.69 Å². The van der Waals surface area contributed by atoms with Crippen molar-refractivity contribution in [2.24, 2.45) is 0 Å². The Balaban J connectivity index is 2.92. The minimum atomic E-state index is -0.863. The molecular weight excluding hydrogens is 230 g/mol. The van der Waals surface area contributed by atoms with Gasteiger partial charge >= 0.3 is 11.4 Å². The zero-order valence-corrected chi connectivity index (χ0v) is 8.60. The first-order chi connectivity index (χ1) is 8.00. The fourth-order valence-electron chi connectivity index (χ4n) is 1.27. The molecule has 3 N–H and O–H groups in total. The Morgan fingerprint density at radius 1 is 1.24 bits per heavy atom. The molecule has 2 aromatic heterocycles. The molecule has 0 saturated carbocycles. The van der Waals surface area contributed by atoms with Crippen LogP contribution in [0.2, 0.25) is 0 Å². The molecule has 0 bridgehead atoms. The quantitative estimate of drug-likeness (QED) is 0.508.